The molecule has 0 fully saturated rings. The Morgan fingerprint density at radius 1 is 0.821 bits per heavy atom. The van der Waals surface area contributed by atoms with Gasteiger partial charge in [0.1, 0.15) is 0 Å². The van der Waals surface area contributed by atoms with E-state index in [1.54, 1.807) is 0 Å². The van der Waals surface area contributed by atoms with Gasteiger partial charge in [-0.05, 0) is 64.4 Å². The zero-order chi connectivity index (χ0) is 19.7. The molecule has 4 rings (SSSR count). The van der Waals surface area contributed by atoms with E-state index in [0.29, 0.717) is 18.6 Å². The van der Waals surface area contributed by atoms with Gasteiger partial charge >= 0.3 is 0 Å². The predicted octanol–water partition coefficient (Wildman–Crippen LogP) is 6.32. The number of hydrogen-bond donors (Lipinski definition) is 0. The number of fused-ring (bicyclic) bond motifs is 2. The van der Waals surface area contributed by atoms with Gasteiger partial charge in [0.05, 0.1) is 0 Å². The molecule has 3 nitrogen and oxygen atoms in total. The average Bonchev–Trinajstić information content (AvgIpc) is 3.18. The third kappa shape index (κ3) is 3.80. The van der Waals surface area contributed by atoms with Crippen LogP contribution in [0.1, 0.15) is 50.2 Å². The second-order valence-corrected chi connectivity index (χ2v) is 8.17. The van der Waals surface area contributed by atoms with Crippen molar-refractivity contribution in [3.05, 3.63) is 65.7 Å². The second-order valence-electron chi connectivity index (χ2n) is 8.17. The summed E-state index contributed by atoms with van der Waals surface area (Å²) in [6, 6.07) is 19.9. The van der Waals surface area contributed by atoms with Crippen LogP contribution in [0.15, 0.2) is 54.6 Å². The van der Waals surface area contributed by atoms with Crippen LogP contribution in [0.5, 0.6) is 11.5 Å². The zero-order valence-electron chi connectivity index (χ0n) is 17.2. The van der Waals surface area contributed by atoms with Crippen molar-refractivity contribution in [1.82, 2.24) is 0 Å². The highest BCUT2D eigenvalue weighted by Crippen LogP contribution is 2.35. The highest BCUT2D eigenvalue weighted by atomic mass is 16.7. The summed E-state index contributed by atoms with van der Waals surface area (Å²) < 4.78 is 10.9. The third-order valence-electron chi connectivity index (χ3n) is 5.82. The normalized spacial score (nSPS) is 13.9. The zero-order valence-corrected chi connectivity index (χ0v) is 17.2. The topological polar surface area (TPSA) is 21.7 Å². The van der Waals surface area contributed by atoms with Crippen molar-refractivity contribution < 1.29 is 9.47 Å². The first kappa shape index (κ1) is 18.7. The molecule has 0 spiro atoms. The average molecular weight is 376 g/mol. The minimum atomic E-state index is 0.330. The highest BCUT2D eigenvalue weighted by molar-refractivity contribution is 5.86. The fourth-order valence-electron chi connectivity index (χ4n) is 3.75. The Balaban J connectivity index is 1.43. The van der Waals surface area contributed by atoms with Crippen molar-refractivity contribution >= 4 is 16.5 Å². The van der Waals surface area contributed by atoms with E-state index in [1.807, 2.05) is 6.07 Å². The van der Waals surface area contributed by atoms with Gasteiger partial charge in [-0.1, -0.05) is 51.1 Å². The molecule has 0 amide bonds. The van der Waals surface area contributed by atoms with Gasteiger partial charge in [-0.3, -0.25) is 0 Å². The van der Waals surface area contributed by atoms with Crippen molar-refractivity contribution in [3.63, 3.8) is 0 Å². The van der Waals surface area contributed by atoms with Crippen LogP contribution in [-0.2, 0) is 0 Å². The van der Waals surface area contributed by atoms with Crippen LogP contribution in [0.3, 0.4) is 0 Å². The lowest BCUT2D eigenvalue weighted by Gasteiger charge is -2.22. The first-order chi connectivity index (χ1) is 13.5. The monoisotopic (exact) mass is 375 g/mol. The maximum absolute atomic E-state index is 5.52. The summed E-state index contributed by atoms with van der Waals surface area (Å²) in [6.45, 7) is 8.09. The Bertz CT molecular complexity index is 979. The maximum atomic E-state index is 5.52. The summed E-state index contributed by atoms with van der Waals surface area (Å²) in [4.78, 5) is 2.35. The molecule has 1 aliphatic heterocycles. The molecule has 1 unspecified atom stereocenters. The summed E-state index contributed by atoms with van der Waals surface area (Å²) >= 11 is 0. The minimum absolute atomic E-state index is 0.330. The Morgan fingerprint density at radius 2 is 1.54 bits per heavy atom. The molecule has 3 heteroatoms. The van der Waals surface area contributed by atoms with E-state index in [9.17, 15) is 0 Å². The van der Waals surface area contributed by atoms with Crippen molar-refractivity contribution in [1.29, 1.82) is 0 Å². The summed E-state index contributed by atoms with van der Waals surface area (Å²) in [5.74, 6) is 2.74. The molecule has 0 N–H and O–H groups in total. The Labute approximate surface area is 167 Å². The standard InChI is InChI=1S/C25H29NO2/c1-17(2)19-5-6-22-14-23(9-7-21(22)13-19)26(4)12-11-18(3)20-8-10-24-25(15-20)28-16-27-24/h5-10,13-15,17-18H,11-12,16H2,1-4H3. The quantitative estimate of drug-likeness (QED) is 0.503. The van der Waals surface area contributed by atoms with Crippen LogP contribution in [0.4, 0.5) is 5.69 Å². The van der Waals surface area contributed by atoms with Crippen molar-refractivity contribution in [3.8, 4) is 11.5 Å². The molecule has 0 aliphatic carbocycles. The van der Waals surface area contributed by atoms with E-state index in [4.69, 9.17) is 9.47 Å². The molecule has 28 heavy (non-hydrogen) atoms. The lowest BCUT2D eigenvalue weighted by atomic mass is 9.97. The number of benzene rings is 3. The van der Waals surface area contributed by atoms with Gasteiger partial charge in [-0.25, -0.2) is 0 Å². The van der Waals surface area contributed by atoms with Gasteiger partial charge in [-0.2, -0.15) is 0 Å². The summed E-state index contributed by atoms with van der Waals surface area (Å²) in [5.41, 5.74) is 3.96. The molecular formula is C25H29NO2. The van der Waals surface area contributed by atoms with Gasteiger partial charge in [0.15, 0.2) is 11.5 Å². The number of nitrogens with zero attached hydrogens (tertiary/aromatic N) is 1. The van der Waals surface area contributed by atoms with E-state index < -0.39 is 0 Å². The summed E-state index contributed by atoms with van der Waals surface area (Å²) in [6.07, 6.45) is 1.08. The summed E-state index contributed by atoms with van der Waals surface area (Å²) in [5, 5.41) is 2.62. The fourth-order valence-corrected chi connectivity index (χ4v) is 3.75. The SMILES string of the molecule is CC(C)c1ccc2cc(N(C)CCC(C)c3ccc4c(c3)OCO4)ccc2c1. The highest BCUT2D eigenvalue weighted by Gasteiger charge is 2.16. The van der Waals surface area contributed by atoms with E-state index in [0.717, 1.165) is 24.5 Å². The first-order valence-electron chi connectivity index (χ1n) is 10.2. The lowest BCUT2D eigenvalue weighted by Crippen LogP contribution is -2.19. The lowest BCUT2D eigenvalue weighted by molar-refractivity contribution is 0.174. The molecule has 3 aromatic carbocycles. The second kappa shape index (κ2) is 7.75. The fraction of sp³-hybridized carbons (Fsp3) is 0.360. The van der Waals surface area contributed by atoms with E-state index >= 15 is 0 Å². The number of rotatable bonds is 6. The van der Waals surface area contributed by atoms with Crippen LogP contribution in [0, 0.1) is 0 Å². The van der Waals surface area contributed by atoms with Crippen molar-refractivity contribution in [2.75, 3.05) is 25.3 Å². The number of hydrogen-bond acceptors (Lipinski definition) is 3. The van der Waals surface area contributed by atoms with E-state index in [-0.39, 0.29) is 0 Å². The molecule has 146 valence electrons. The van der Waals surface area contributed by atoms with Crippen molar-refractivity contribution in [2.45, 2.75) is 39.0 Å². The van der Waals surface area contributed by atoms with Gasteiger partial charge < -0.3 is 14.4 Å². The minimum Gasteiger partial charge on any atom is -0.454 e. The number of ether oxygens (including phenoxy) is 2. The molecule has 0 aromatic heterocycles. The molecule has 1 aliphatic rings. The van der Waals surface area contributed by atoms with Gasteiger partial charge in [0.25, 0.3) is 0 Å². The molecule has 0 saturated heterocycles. The first-order valence-corrected chi connectivity index (χ1v) is 10.2. The van der Waals surface area contributed by atoms with Crippen molar-refractivity contribution in [2.24, 2.45) is 0 Å². The van der Waals surface area contributed by atoms with E-state index in [1.165, 1.54) is 27.6 Å². The Kier molecular flexibility index (Phi) is 5.17. The van der Waals surface area contributed by atoms with Crippen LogP contribution in [0.2, 0.25) is 0 Å². The third-order valence-corrected chi connectivity index (χ3v) is 5.82. The summed E-state index contributed by atoms with van der Waals surface area (Å²) in [7, 11) is 2.18. The molecule has 1 heterocycles. The Morgan fingerprint density at radius 3 is 2.36 bits per heavy atom. The van der Waals surface area contributed by atoms with Crippen LogP contribution < -0.4 is 14.4 Å². The van der Waals surface area contributed by atoms with Gasteiger partial charge in [-0.15, -0.1) is 0 Å². The maximum Gasteiger partial charge on any atom is 0.231 e. The van der Waals surface area contributed by atoms with E-state index in [2.05, 4.69) is 81.2 Å². The van der Waals surface area contributed by atoms with Crippen LogP contribution in [0.25, 0.3) is 10.8 Å². The van der Waals surface area contributed by atoms with Gasteiger partial charge in [0, 0.05) is 19.3 Å². The molecule has 0 bridgehead atoms. The number of anilines is 1. The van der Waals surface area contributed by atoms with Gasteiger partial charge in [0.2, 0.25) is 6.79 Å². The predicted molar refractivity (Wildman–Crippen MR) is 117 cm³/mol. The largest absolute Gasteiger partial charge is 0.454 e. The molecule has 1 atom stereocenters. The molecule has 3 aromatic rings. The smallest absolute Gasteiger partial charge is 0.231 e. The molecular weight excluding hydrogens is 346 g/mol. The Hall–Kier alpha value is -2.68. The molecule has 0 saturated carbocycles. The van der Waals surface area contributed by atoms with Crippen LogP contribution in [-0.4, -0.2) is 20.4 Å². The molecule has 0 radical (unpaired) electrons. The van der Waals surface area contributed by atoms with Crippen LogP contribution >= 0.6 is 0 Å².